The zero-order chi connectivity index (χ0) is 6.62. The molecule has 0 aliphatic heterocycles. The summed E-state index contributed by atoms with van der Waals surface area (Å²) >= 11 is 1.59. The van der Waals surface area contributed by atoms with Crippen molar-refractivity contribution in [2.45, 2.75) is 13.3 Å². The third-order valence-corrected chi connectivity index (χ3v) is 4.23. The highest BCUT2D eigenvalue weighted by Crippen LogP contribution is 2.51. The molecule has 0 radical (unpaired) electrons. The molecule has 8 heavy (non-hydrogen) atoms. The van der Waals surface area contributed by atoms with Crippen molar-refractivity contribution in [3.05, 3.63) is 0 Å². The molecule has 0 N–H and O–H groups in total. The van der Waals surface area contributed by atoms with Gasteiger partial charge in [0.15, 0.2) is 0 Å². The zero-order valence-corrected chi connectivity index (χ0v) is 7.39. The van der Waals surface area contributed by atoms with E-state index in [-0.39, 0.29) is 0 Å². The Morgan fingerprint density at radius 3 is 2.12 bits per heavy atom. The minimum absolute atomic E-state index is 1.03. The van der Waals surface area contributed by atoms with Crippen molar-refractivity contribution in [2.24, 2.45) is 0 Å². The number of rotatable bonds is 3. The van der Waals surface area contributed by atoms with Crippen molar-refractivity contribution in [1.82, 2.24) is 0 Å². The molecule has 0 aromatic heterocycles. The highest BCUT2D eigenvalue weighted by molar-refractivity contribution is 8.57. The van der Waals surface area contributed by atoms with Crippen LogP contribution >= 0.6 is 17.7 Å². The lowest BCUT2D eigenvalue weighted by atomic mass is 10.6. The second-order valence-corrected chi connectivity index (χ2v) is 8.67. The molecule has 0 amide bonds. The molecule has 0 bridgehead atoms. The summed E-state index contributed by atoms with van der Waals surface area (Å²) in [7, 11) is 0. The lowest BCUT2D eigenvalue weighted by Crippen LogP contribution is -1.72. The predicted octanol–water partition coefficient (Wildman–Crippen LogP) is 2.67. The Balaban J connectivity index is 3.26. The summed E-state index contributed by atoms with van der Waals surface area (Å²) in [5, 5.41) is 0. The second kappa shape index (κ2) is 3.58. The molecule has 1 nitrogen and oxygen atoms in total. The van der Waals surface area contributed by atoms with Crippen LogP contribution in [0.1, 0.15) is 13.3 Å². The van der Waals surface area contributed by atoms with Gasteiger partial charge in [0.2, 0.25) is 0 Å². The smallest absolute Gasteiger partial charge is 0.133 e. The SMILES string of the molecule is CCCSP(C)(C)=O. The van der Waals surface area contributed by atoms with Crippen LogP contribution < -0.4 is 0 Å². The maximum Gasteiger partial charge on any atom is 0.133 e. The standard InChI is InChI=1S/C5H13OPS/c1-4-5-8-7(2,3)6/h4-5H2,1-3H3. The Morgan fingerprint density at radius 1 is 1.50 bits per heavy atom. The summed E-state index contributed by atoms with van der Waals surface area (Å²) in [5.41, 5.74) is 0. The van der Waals surface area contributed by atoms with E-state index in [0.717, 1.165) is 12.2 Å². The Bertz CT molecular complexity index is 96.6. The normalized spacial score (nSPS) is 11.9. The van der Waals surface area contributed by atoms with Gasteiger partial charge >= 0.3 is 0 Å². The molecule has 0 saturated heterocycles. The number of hydrogen-bond acceptors (Lipinski definition) is 2. The van der Waals surface area contributed by atoms with Crippen LogP contribution in [0, 0.1) is 0 Å². The topological polar surface area (TPSA) is 17.1 Å². The van der Waals surface area contributed by atoms with Crippen LogP contribution in [0.2, 0.25) is 0 Å². The van der Waals surface area contributed by atoms with Gasteiger partial charge in [0.1, 0.15) is 6.34 Å². The molecule has 0 atom stereocenters. The van der Waals surface area contributed by atoms with E-state index in [4.69, 9.17) is 0 Å². The summed E-state index contributed by atoms with van der Waals surface area (Å²) < 4.78 is 10.9. The van der Waals surface area contributed by atoms with Gasteiger partial charge in [-0.1, -0.05) is 18.3 Å². The summed E-state index contributed by atoms with van der Waals surface area (Å²) in [4.78, 5) is 0. The fourth-order valence-electron chi connectivity index (χ4n) is 0.311. The molecule has 0 fully saturated rings. The first-order valence-corrected chi connectivity index (χ1v) is 6.95. The molecule has 0 rings (SSSR count). The van der Waals surface area contributed by atoms with Crippen LogP contribution in [0.5, 0.6) is 0 Å². The van der Waals surface area contributed by atoms with E-state index >= 15 is 0 Å². The molecule has 50 valence electrons. The monoisotopic (exact) mass is 152 g/mol. The van der Waals surface area contributed by atoms with E-state index in [1.807, 2.05) is 13.3 Å². The quantitative estimate of drug-likeness (QED) is 0.578. The lowest BCUT2D eigenvalue weighted by Gasteiger charge is -2.01. The highest BCUT2D eigenvalue weighted by atomic mass is 32.7. The second-order valence-electron chi connectivity index (χ2n) is 2.09. The van der Waals surface area contributed by atoms with Crippen molar-refractivity contribution in [3.63, 3.8) is 0 Å². The Kier molecular flexibility index (Phi) is 3.84. The van der Waals surface area contributed by atoms with Crippen LogP contribution in [0.3, 0.4) is 0 Å². The zero-order valence-electron chi connectivity index (χ0n) is 5.68. The average Bonchev–Trinajstić information content (AvgIpc) is 1.59. The molecule has 0 aliphatic carbocycles. The predicted molar refractivity (Wildman–Crippen MR) is 42.2 cm³/mol. The van der Waals surface area contributed by atoms with Crippen molar-refractivity contribution < 1.29 is 4.57 Å². The first-order valence-electron chi connectivity index (χ1n) is 2.76. The van der Waals surface area contributed by atoms with Crippen molar-refractivity contribution >= 4 is 17.7 Å². The third kappa shape index (κ3) is 6.58. The van der Waals surface area contributed by atoms with Crippen LogP contribution in [-0.2, 0) is 4.57 Å². The maximum absolute atomic E-state index is 10.9. The summed E-state index contributed by atoms with van der Waals surface area (Å²) in [6, 6.07) is 0. The minimum Gasteiger partial charge on any atom is -0.313 e. The van der Waals surface area contributed by atoms with Crippen LogP contribution in [0.15, 0.2) is 0 Å². The van der Waals surface area contributed by atoms with E-state index in [0.29, 0.717) is 0 Å². The molecule has 0 aromatic carbocycles. The van der Waals surface area contributed by atoms with Gasteiger partial charge in [-0.2, -0.15) is 0 Å². The minimum atomic E-state index is -1.77. The first kappa shape index (κ1) is 8.58. The van der Waals surface area contributed by atoms with Gasteiger partial charge in [-0.05, 0) is 19.8 Å². The van der Waals surface area contributed by atoms with Crippen molar-refractivity contribution in [1.29, 1.82) is 0 Å². The van der Waals surface area contributed by atoms with Gasteiger partial charge in [0, 0.05) is 5.75 Å². The Hall–Kier alpha value is 0.580. The molecule has 0 aliphatic rings. The molecule has 0 heterocycles. The average molecular weight is 152 g/mol. The van der Waals surface area contributed by atoms with E-state index < -0.39 is 6.34 Å². The molecule has 3 heteroatoms. The molecule has 0 saturated carbocycles. The molecule has 0 spiro atoms. The fraction of sp³-hybridized carbons (Fsp3) is 1.00. The van der Waals surface area contributed by atoms with Gasteiger partial charge in [0.25, 0.3) is 0 Å². The van der Waals surface area contributed by atoms with E-state index in [2.05, 4.69) is 6.92 Å². The summed E-state index contributed by atoms with van der Waals surface area (Å²) in [6.45, 7) is 5.73. The summed E-state index contributed by atoms with van der Waals surface area (Å²) in [6.07, 6.45) is -0.644. The van der Waals surface area contributed by atoms with Crippen LogP contribution in [0.4, 0.5) is 0 Å². The number of hydrogen-bond donors (Lipinski definition) is 0. The Morgan fingerprint density at radius 2 is 2.00 bits per heavy atom. The van der Waals surface area contributed by atoms with Gasteiger partial charge in [-0.15, -0.1) is 0 Å². The highest BCUT2D eigenvalue weighted by Gasteiger charge is 2.04. The van der Waals surface area contributed by atoms with Crippen molar-refractivity contribution in [2.75, 3.05) is 19.1 Å². The van der Waals surface area contributed by atoms with E-state index in [1.165, 1.54) is 0 Å². The molecular weight excluding hydrogens is 139 g/mol. The lowest BCUT2D eigenvalue weighted by molar-refractivity contribution is 0.591. The van der Waals surface area contributed by atoms with Gasteiger partial charge in [-0.3, -0.25) is 0 Å². The molecule has 0 unspecified atom stereocenters. The van der Waals surface area contributed by atoms with Gasteiger partial charge in [0.05, 0.1) is 0 Å². The fourth-order valence-corrected chi connectivity index (χ4v) is 2.80. The maximum atomic E-state index is 10.9. The van der Waals surface area contributed by atoms with Crippen LogP contribution in [0.25, 0.3) is 0 Å². The van der Waals surface area contributed by atoms with Gasteiger partial charge in [-0.25, -0.2) is 0 Å². The first-order chi connectivity index (χ1) is 3.56. The Labute approximate surface area is 55.4 Å². The third-order valence-electron chi connectivity index (χ3n) is 0.606. The molecule has 0 aromatic rings. The van der Waals surface area contributed by atoms with Gasteiger partial charge < -0.3 is 4.57 Å². The van der Waals surface area contributed by atoms with E-state index in [1.54, 1.807) is 11.4 Å². The van der Waals surface area contributed by atoms with Crippen LogP contribution in [-0.4, -0.2) is 19.1 Å². The summed E-state index contributed by atoms with van der Waals surface area (Å²) in [5.74, 6) is 1.03. The van der Waals surface area contributed by atoms with E-state index in [9.17, 15) is 4.57 Å². The van der Waals surface area contributed by atoms with Crippen molar-refractivity contribution in [3.8, 4) is 0 Å². The molecular formula is C5H13OPS. The largest absolute Gasteiger partial charge is 0.313 e.